The lowest BCUT2D eigenvalue weighted by molar-refractivity contribution is 0.482. The normalized spacial score (nSPS) is 11.3. The number of benzene rings is 6. The van der Waals surface area contributed by atoms with E-state index in [-0.39, 0.29) is 0 Å². The highest BCUT2D eigenvalue weighted by atomic mass is 16.3. The van der Waals surface area contributed by atoms with Crippen molar-refractivity contribution in [3.8, 4) is 28.0 Å². The van der Waals surface area contributed by atoms with Gasteiger partial charge in [0.1, 0.15) is 5.75 Å². The molecular formula is C32H24BO. The SMILES string of the molecule is CC[B]c1c(O)c(-c2ccc3ccccc3c2)c2ccccc2c1-c1ccc2ccccc2c1. The van der Waals surface area contributed by atoms with Crippen LogP contribution in [0.3, 0.4) is 0 Å². The molecule has 6 rings (SSSR count). The molecule has 0 atom stereocenters. The number of fused-ring (bicyclic) bond motifs is 3. The zero-order chi connectivity index (χ0) is 23.1. The third-order valence-corrected chi connectivity index (χ3v) is 6.71. The van der Waals surface area contributed by atoms with Gasteiger partial charge in [0, 0.05) is 5.56 Å². The average Bonchev–Trinajstić information content (AvgIpc) is 2.89. The number of aromatic hydroxyl groups is 1. The van der Waals surface area contributed by atoms with Gasteiger partial charge in [-0.05, 0) is 66.6 Å². The topological polar surface area (TPSA) is 20.2 Å². The summed E-state index contributed by atoms with van der Waals surface area (Å²) in [5.74, 6) is 0.346. The fourth-order valence-corrected chi connectivity index (χ4v) is 5.14. The molecule has 34 heavy (non-hydrogen) atoms. The highest BCUT2D eigenvalue weighted by Crippen LogP contribution is 2.41. The quantitative estimate of drug-likeness (QED) is 0.279. The van der Waals surface area contributed by atoms with E-state index in [4.69, 9.17) is 0 Å². The van der Waals surface area contributed by atoms with E-state index in [0.29, 0.717) is 5.75 Å². The Balaban J connectivity index is 1.69. The Morgan fingerprint density at radius 3 is 1.59 bits per heavy atom. The Labute approximate surface area is 200 Å². The van der Waals surface area contributed by atoms with Crippen LogP contribution in [-0.2, 0) is 0 Å². The summed E-state index contributed by atoms with van der Waals surface area (Å²) < 4.78 is 0. The molecule has 0 bridgehead atoms. The van der Waals surface area contributed by atoms with Crippen molar-refractivity contribution in [1.29, 1.82) is 0 Å². The van der Waals surface area contributed by atoms with Crippen LogP contribution in [0.15, 0.2) is 109 Å². The van der Waals surface area contributed by atoms with Crippen LogP contribution < -0.4 is 5.46 Å². The molecule has 0 aliphatic heterocycles. The number of hydrogen-bond acceptors (Lipinski definition) is 1. The fourth-order valence-electron chi connectivity index (χ4n) is 5.14. The predicted octanol–water partition coefficient (Wildman–Crippen LogP) is 7.95. The summed E-state index contributed by atoms with van der Waals surface area (Å²) in [6.07, 6.45) is 0.837. The van der Waals surface area contributed by atoms with E-state index >= 15 is 0 Å². The summed E-state index contributed by atoms with van der Waals surface area (Å²) >= 11 is 0. The van der Waals surface area contributed by atoms with Gasteiger partial charge in [0.2, 0.25) is 0 Å². The van der Waals surface area contributed by atoms with Crippen LogP contribution in [0.25, 0.3) is 54.6 Å². The lowest BCUT2D eigenvalue weighted by atomic mass is 9.63. The second-order valence-electron chi connectivity index (χ2n) is 8.79. The van der Waals surface area contributed by atoms with E-state index in [1.54, 1.807) is 0 Å². The van der Waals surface area contributed by atoms with Crippen molar-refractivity contribution in [3.63, 3.8) is 0 Å². The van der Waals surface area contributed by atoms with Crippen LogP contribution in [0.5, 0.6) is 5.75 Å². The van der Waals surface area contributed by atoms with Crippen LogP contribution in [-0.4, -0.2) is 12.4 Å². The first kappa shape index (κ1) is 20.6. The Kier molecular flexibility index (Phi) is 5.07. The monoisotopic (exact) mass is 435 g/mol. The molecule has 161 valence electrons. The van der Waals surface area contributed by atoms with Crippen molar-refractivity contribution in [2.45, 2.75) is 13.2 Å². The Morgan fingerprint density at radius 1 is 0.559 bits per heavy atom. The summed E-state index contributed by atoms with van der Waals surface area (Å²) in [6.45, 7) is 2.12. The summed E-state index contributed by atoms with van der Waals surface area (Å²) in [5.41, 5.74) is 5.04. The van der Waals surface area contributed by atoms with Crippen molar-refractivity contribution in [2.24, 2.45) is 0 Å². The summed E-state index contributed by atoms with van der Waals surface area (Å²) in [7, 11) is 2.15. The van der Waals surface area contributed by atoms with Gasteiger partial charge in [-0.15, -0.1) is 0 Å². The van der Waals surface area contributed by atoms with E-state index in [9.17, 15) is 5.11 Å². The van der Waals surface area contributed by atoms with Gasteiger partial charge >= 0.3 is 0 Å². The van der Waals surface area contributed by atoms with Gasteiger partial charge in [-0.1, -0.05) is 110 Å². The molecule has 0 spiro atoms. The summed E-state index contributed by atoms with van der Waals surface area (Å²) in [4.78, 5) is 0. The van der Waals surface area contributed by atoms with Crippen molar-refractivity contribution >= 4 is 45.1 Å². The van der Waals surface area contributed by atoms with E-state index in [2.05, 4.69) is 123 Å². The molecule has 0 aromatic heterocycles. The molecule has 0 fully saturated rings. The maximum Gasteiger partial charge on any atom is 0.157 e. The van der Waals surface area contributed by atoms with E-state index < -0.39 is 0 Å². The van der Waals surface area contributed by atoms with Crippen LogP contribution in [0, 0.1) is 0 Å². The highest BCUT2D eigenvalue weighted by Gasteiger charge is 2.21. The van der Waals surface area contributed by atoms with Gasteiger partial charge in [-0.2, -0.15) is 0 Å². The maximum atomic E-state index is 11.8. The zero-order valence-corrected chi connectivity index (χ0v) is 19.1. The largest absolute Gasteiger partial charge is 0.508 e. The van der Waals surface area contributed by atoms with Crippen LogP contribution in [0.1, 0.15) is 6.92 Å². The number of phenolic OH excluding ortho intramolecular Hbond substituents is 1. The van der Waals surface area contributed by atoms with Gasteiger partial charge in [0.15, 0.2) is 7.28 Å². The zero-order valence-electron chi connectivity index (χ0n) is 19.1. The lowest BCUT2D eigenvalue weighted by Gasteiger charge is -2.20. The molecule has 0 aliphatic carbocycles. The number of hydrogen-bond donors (Lipinski definition) is 1. The maximum absolute atomic E-state index is 11.8. The first-order valence-corrected chi connectivity index (χ1v) is 11.8. The third-order valence-electron chi connectivity index (χ3n) is 6.71. The molecule has 2 heteroatoms. The Hall–Kier alpha value is -4.04. The van der Waals surface area contributed by atoms with Gasteiger partial charge in [-0.3, -0.25) is 0 Å². The average molecular weight is 435 g/mol. The molecule has 1 nitrogen and oxygen atoms in total. The minimum absolute atomic E-state index is 0.346. The van der Waals surface area contributed by atoms with Gasteiger partial charge in [0.25, 0.3) is 0 Å². The Morgan fingerprint density at radius 2 is 1.03 bits per heavy atom. The Bertz CT molecular complexity index is 1680. The number of phenols is 1. The molecule has 0 unspecified atom stereocenters. The van der Waals surface area contributed by atoms with Gasteiger partial charge in [0.05, 0.1) is 0 Å². The van der Waals surface area contributed by atoms with E-state index in [1.807, 2.05) is 0 Å². The minimum Gasteiger partial charge on any atom is -0.508 e. The van der Waals surface area contributed by atoms with Crippen molar-refractivity contribution < 1.29 is 5.11 Å². The molecule has 6 aromatic rings. The molecule has 0 amide bonds. The highest BCUT2D eigenvalue weighted by molar-refractivity contribution is 6.58. The van der Waals surface area contributed by atoms with Crippen LogP contribution in [0.2, 0.25) is 6.32 Å². The molecule has 6 aromatic carbocycles. The van der Waals surface area contributed by atoms with Crippen molar-refractivity contribution in [1.82, 2.24) is 0 Å². The van der Waals surface area contributed by atoms with Gasteiger partial charge < -0.3 is 5.11 Å². The molecule has 1 N–H and O–H groups in total. The van der Waals surface area contributed by atoms with E-state index in [1.165, 1.54) is 21.5 Å². The second kappa shape index (κ2) is 8.39. The van der Waals surface area contributed by atoms with Crippen molar-refractivity contribution in [2.75, 3.05) is 0 Å². The standard InChI is InChI=1S/C32H24BO/c1-2-33-31-29(25-17-15-21-9-3-5-11-23(21)19-25)27-13-7-8-14-28(27)30(32(31)34)26-18-16-22-10-4-6-12-24(22)20-26/h3-20,34H,2H2,1H3. The first-order chi connectivity index (χ1) is 16.7. The molecule has 1 radical (unpaired) electrons. The smallest absolute Gasteiger partial charge is 0.157 e. The summed E-state index contributed by atoms with van der Waals surface area (Å²) in [6, 6.07) is 38.2. The van der Waals surface area contributed by atoms with Crippen LogP contribution in [0.4, 0.5) is 0 Å². The summed E-state index contributed by atoms with van der Waals surface area (Å²) in [5, 5.41) is 18.8. The molecule has 0 saturated carbocycles. The molecule has 0 heterocycles. The number of rotatable bonds is 4. The minimum atomic E-state index is 0.346. The predicted molar refractivity (Wildman–Crippen MR) is 147 cm³/mol. The second-order valence-corrected chi connectivity index (χ2v) is 8.79. The van der Waals surface area contributed by atoms with Crippen molar-refractivity contribution in [3.05, 3.63) is 109 Å². The third kappa shape index (κ3) is 3.35. The molecule has 0 aliphatic rings. The van der Waals surface area contributed by atoms with E-state index in [0.717, 1.165) is 44.8 Å². The molecule has 0 saturated heterocycles. The first-order valence-electron chi connectivity index (χ1n) is 11.8. The van der Waals surface area contributed by atoms with Gasteiger partial charge in [-0.25, -0.2) is 0 Å². The lowest BCUT2D eigenvalue weighted by Crippen LogP contribution is -2.18. The molecular weight excluding hydrogens is 411 g/mol. The fraction of sp³-hybridized carbons (Fsp3) is 0.0625. The van der Waals surface area contributed by atoms with Crippen LogP contribution >= 0.6 is 0 Å².